The number of nitrogens with zero attached hydrogens (tertiary/aromatic N) is 1. The Bertz CT molecular complexity index is 396. The van der Waals surface area contributed by atoms with Gasteiger partial charge in [0.1, 0.15) is 11.9 Å². The Balaban J connectivity index is 2.05. The third-order valence-corrected chi connectivity index (χ3v) is 3.75. The molecule has 2 atom stereocenters. The second-order valence-corrected chi connectivity index (χ2v) is 5.40. The SMILES string of the molecule is N#CC1CCCCCC1Oc1ccc(Br)cc1. The van der Waals surface area contributed by atoms with Crippen molar-refractivity contribution in [3.63, 3.8) is 0 Å². The molecule has 0 N–H and O–H groups in total. The average Bonchev–Trinajstić information content (AvgIpc) is 2.57. The quantitative estimate of drug-likeness (QED) is 0.762. The van der Waals surface area contributed by atoms with Crippen molar-refractivity contribution in [3.05, 3.63) is 28.7 Å². The van der Waals surface area contributed by atoms with Crippen LogP contribution in [-0.2, 0) is 0 Å². The Labute approximate surface area is 111 Å². The maximum absolute atomic E-state index is 9.17. The van der Waals surface area contributed by atoms with Crippen molar-refractivity contribution in [1.29, 1.82) is 5.26 Å². The number of rotatable bonds is 2. The van der Waals surface area contributed by atoms with Crippen LogP contribution < -0.4 is 4.74 Å². The fourth-order valence-electron chi connectivity index (χ4n) is 2.25. The van der Waals surface area contributed by atoms with Crippen LogP contribution in [0, 0.1) is 17.2 Å². The number of benzene rings is 1. The highest BCUT2D eigenvalue weighted by Crippen LogP contribution is 2.27. The molecule has 3 heteroatoms. The fraction of sp³-hybridized carbons (Fsp3) is 0.500. The van der Waals surface area contributed by atoms with Gasteiger partial charge in [-0.05, 0) is 43.5 Å². The van der Waals surface area contributed by atoms with E-state index < -0.39 is 0 Å². The Morgan fingerprint density at radius 3 is 2.53 bits per heavy atom. The first-order valence-electron chi connectivity index (χ1n) is 6.11. The highest BCUT2D eigenvalue weighted by atomic mass is 79.9. The third kappa shape index (κ3) is 3.47. The zero-order valence-corrected chi connectivity index (χ0v) is 11.3. The van der Waals surface area contributed by atoms with Gasteiger partial charge in [0.15, 0.2) is 0 Å². The maximum atomic E-state index is 9.17. The lowest BCUT2D eigenvalue weighted by molar-refractivity contribution is 0.152. The number of nitriles is 1. The summed E-state index contributed by atoms with van der Waals surface area (Å²) in [5.41, 5.74) is 0. The van der Waals surface area contributed by atoms with Gasteiger partial charge in [0.25, 0.3) is 0 Å². The monoisotopic (exact) mass is 293 g/mol. The maximum Gasteiger partial charge on any atom is 0.119 e. The summed E-state index contributed by atoms with van der Waals surface area (Å²) in [6.45, 7) is 0. The normalized spacial score (nSPS) is 24.7. The highest BCUT2D eigenvalue weighted by Gasteiger charge is 2.25. The molecule has 0 amide bonds. The largest absolute Gasteiger partial charge is 0.489 e. The first kappa shape index (κ1) is 12.4. The summed E-state index contributed by atoms with van der Waals surface area (Å²) in [5.74, 6) is 0.904. The van der Waals surface area contributed by atoms with E-state index in [1.165, 1.54) is 12.8 Å². The van der Waals surface area contributed by atoms with Crippen molar-refractivity contribution < 1.29 is 4.74 Å². The highest BCUT2D eigenvalue weighted by molar-refractivity contribution is 9.10. The van der Waals surface area contributed by atoms with E-state index in [-0.39, 0.29) is 12.0 Å². The molecule has 1 aliphatic carbocycles. The molecule has 17 heavy (non-hydrogen) atoms. The van der Waals surface area contributed by atoms with Crippen molar-refractivity contribution in [2.24, 2.45) is 5.92 Å². The molecule has 0 saturated heterocycles. The molecule has 1 aromatic rings. The lowest BCUT2D eigenvalue weighted by Crippen LogP contribution is -2.24. The zero-order chi connectivity index (χ0) is 12.1. The zero-order valence-electron chi connectivity index (χ0n) is 9.73. The van der Waals surface area contributed by atoms with Crippen LogP contribution in [0.15, 0.2) is 28.7 Å². The molecule has 2 nitrogen and oxygen atoms in total. The van der Waals surface area contributed by atoms with Gasteiger partial charge in [0.05, 0.1) is 12.0 Å². The van der Waals surface area contributed by atoms with Gasteiger partial charge in [-0.3, -0.25) is 0 Å². The van der Waals surface area contributed by atoms with E-state index in [2.05, 4.69) is 22.0 Å². The molecule has 2 unspecified atom stereocenters. The van der Waals surface area contributed by atoms with Crippen molar-refractivity contribution in [2.75, 3.05) is 0 Å². The molecule has 2 rings (SSSR count). The predicted molar refractivity (Wildman–Crippen MR) is 70.7 cm³/mol. The number of hydrogen-bond acceptors (Lipinski definition) is 2. The van der Waals surface area contributed by atoms with E-state index >= 15 is 0 Å². The minimum atomic E-state index is 0.0427. The Hall–Kier alpha value is -1.01. The number of hydrogen-bond donors (Lipinski definition) is 0. The Morgan fingerprint density at radius 1 is 1.12 bits per heavy atom. The summed E-state index contributed by atoms with van der Waals surface area (Å²) in [6.07, 6.45) is 5.56. The minimum Gasteiger partial charge on any atom is -0.489 e. The molecular formula is C14H16BrNO. The van der Waals surface area contributed by atoms with Crippen LogP contribution in [0.25, 0.3) is 0 Å². The summed E-state index contributed by atoms with van der Waals surface area (Å²) in [7, 11) is 0. The van der Waals surface area contributed by atoms with Crippen LogP contribution >= 0.6 is 15.9 Å². The smallest absolute Gasteiger partial charge is 0.119 e. The molecule has 1 fully saturated rings. The topological polar surface area (TPSA) is 33.0 Å². The van der Waals surface area contributed by atoms with Gasteiger partial charge in [-0.15, -0.1) is 0 Å². The lowest BCUT2D eigenvalue weighted by atomic mass is 9.99. The minimum absolute atomic E-state index is 0.0427. The summed E-state index contributed by atoms with van der Waals surface area (Å²) in [5, 5.41) is 9.17. The van der Waals surface area contributed by atoms with Crippen molar-refractivity contribution in [3.8, 4) is 11.8 Å². The summed E-state index contributed by atoms with van der Waals surface area (Å²) < 4.78 is 6.99. The molecule has 0 aromatic heterocycles. The molecular weight excluding hydrogens is 278 g/mol. The Morgan fingerprint density at radius 2 is 1.82 bits per heavy atom. The lowest BCUT2D eigenvalue weighted by Gasteiger charge is -2.21. The van der Waals surface area contributed by atoms with Gasteiger partial charge >= 0.3 is 0 Å². The second-order valence-electron chi connectivity index (χ2n) is 4.48. The van der Waals surface area contributed by atoms with E-state index in [4.69, 9.17) is 4.74 Å². The number of halogens is 1. The van der Waals surface area contributed by atoms with E-state index in [1.807, 2.05) is 24.3 Å². The van der Waals surface area contributed by atoms with Gasteiger partial charge < -0.3 is 4.74 Å². The van der Waals surface area contributed by atoms with Gasteiger partial charge in [0.2, 0.25) is 0 Å². The van der Waals surface area contributed by atoms with E-state index in [1.54, 1.807) is 0 Å². The van der Waals surface area contributed by atoms with E-state index in [0.717, 1.165) is 29.5 Å². The van der Waals surface area contributed by atoms with E-state index in [9.17, 15) is 5.26 Å². The average molecular weight is 294 g/mol. The summed E-state index contributed by atoms with van der Waals surface area (Å²) in [4.78, 5) is 0. The molecule has 0 heterocycles. The van der Waals surface area contributed by atoms with Gasteiger partial charge in [0, 0.05) is 4.47 Å². The van der Waals surface area contributed by atoms with E-state index in [0.29, 0.717) is 0 Å². The molecule has 0 aliphatic heterocycles. The van der Waals surface area contributed by atoms with Crippen molar-refractivity contribution >= 4 is 15.9 Å². The first-order valence-corrected chi connectivity index (χ1v) is 6.91. The molecule has 1 aliphatic rings. The van der Waals surface area contributed by atoms with Crippen molar-refractivity contribution in [1.82, 2.24) is 0 Å². The summed E-state index contributed by atoms with van der Waals surface area (Å²) >= 11 is 3.40. The third-order valence-electron chi connectivity index (χ3n) is 3.22. The standard InChI is InChI=1S/C14H16BrNO/c15-12-6-8-13(9-7-12)17-14-5-3-1-2-4-11(14)10-16/h6-9,11,14H,1-5H2. The van der Waals surface area contributed by atoms with Gasteiger partial charge in [-0.2, -0.15) is 5.26 Å². The Kier molecular flexibility index (Phi) is 4.44. The van der Waals surface area contributed by atoms with Crippen LogP contribution in [0.4, 0.5) is 0 Å². The second kappa shape index (κ2) is 6.07. The van der Waals surface area contributed by atoms with Crippen LogP contribution in [-0.4, -0.2) is 6.10 Å². The molecule has 1 saturated carbocycles. The first-order chi connectivity index (χ1) is 8.29. The van der Waals surface area contributed by atoms with Crippen LogP contribution in [0.1, 0.15) is 32.1 Å². The molecule has 0 radical (unpaired) electrons. The van der Waals surface area contributed by atoms with Crippen LogP contribution in [0.3, 0.4) is 0 Å². The molecule has 90 valence electrons. The molecule has 1 aromatic carbocycles. The van der Waals surface area contributed by atoms with Gasteiger partial charge in [-0.25, -0.2) is 0 Å². The predicted octanol–water partition coefficient (Wildman–Crippen LogP) is 4.30. The number of ether oxygens (including phenoxy) is 1. The van der Waals surface area contributed by atoms with Crippen LogP contribution in [0.5, 0.6) is 5.75 Å². The van der Waals surface area contributed by atoms with Crippen molar-refractivity contribution in [2.45, 2.75) is 38.2 Å². The fourth-order valence-corrected chi connectivity index (χ4v) is 2.51. The molecule has 0 bridgehead atoms. The van der Waals surface area contributed by atoms with Gasteiger partial charge in [-0.1, -0.05) is 28.8 Å². The molecule has 0 spiro atoms. The summed E-state index contributed by atoms with van der Waals surface area (Å²) in [6, 6.07) is 10.2. The van der Waals surface area contributed by atoms with Crippen LogP contribution in [0.2, 0.25) is 0 Å².